The minimum absolute atomic E-state index is 0. The van der Waals surface area contributed by atoms with Crippen molar-refractivity contribution in [3.8, 4) is 0 Å². The number of halogens is 1. The summed E-state index contributed by atoms with van der Waals surface area (Å²) in [6, 6.07) is 0. The lowest BCUT2D eigenvalue weighted by atomic mass is 9.92. The molecule has 3 heteroatoms. The monoisotopic (exact) mass is 420 g/mol. The number of hydrogen-bond donors (Lipinski definition) is 1. The molecular formula is C22H49BrN2. The fourth-order valence-corrected chi connectivity index (χ4v) is 3.89. The molecule has 0 radical (unpaired) electrons. The van der Waals surface area contributed by atoms with Crippen molar-refractivity contribution in [3.05, 3.63) is 0 Å². The molecule has 1 unspecified atom stereocenters. The van der Waals surface area contributed by atoms with E-state index in [2.05, 4.69) is 47.2 Å². The van der Waals surface area contributed by atoms with Gasteiger partial charge in [0.2, 0.25) is 0 Å². The molecule has 0 bridgehead atoms. The number of hydrogen-bond acceptors (Lipinski definition) is 1. The summed E-state index contributed by atoms with van der Waals surface area (Å²) >= 11 is 0. The molecule has 0 saturated heterocycles. The van der Waals surface area contributed by atoms with Crippen molar-refractivity contribution in [1.82, 2.24) is 5.32 Å². The zero-order chi connectivity index (χ0) is 18.3. The van der Waals surface area contributed by atoms with Gasteiger partial charge < -0.3 is 21.5 Å². The average Bonchev–Trinajstić information content (AvgIpc) is 2.53. The summed E-state index contributed by atoms with van der Waals surface area (Å²) in [5.74, 6) is 0. The molecule has 1 atom stereocenters. The molecule has 0 aliphatic heterocycles. The Labute approximate surface area is 170 Å². The first-order valence-corrected chi connectivity index (χ1v) is 11.0. The van der Waals surface area contributed by atoms with Gasteiger partial charge in [-0.1, -0.05) is 78.6 Å². The second-order valence-electron chi connectivity index (χ2n) is 8.65. The van der Waals surface area contributed by atoms with Gasteiger partial charge in [-0.2, -0.15) is 0 Å². The third-order valence-corrected chi connectivity index (χ3v) is 5.60. The van der Waals surface area contributed by atoms with Crippen LogP contribution in [0.4, 0.5) is 0 Å². The summed E-state index contributed by atoms with van der Waals surface area (Å²) in [5, 5.41) is 3.93. The lowest BCUT2D eigenvalue weighted by molar-refractivity contribution is -0.929. The molecule has 0 aromatic carbocycles. The molecule has 154 valence electrons. The largest absolute Gasteiger partial charge is 1.00 e. The van der Waals surface area contributed by atoms with Crippen LogP contribution in [-0.2, 0) is 0 Å². The first-order chi connectivity index (χ1) is 11.4. The Morgan fingerprint density at radius 2 is 1.08 bits per heavy atom. The molecule has 0 aliphatic rings. The van der Waals surface area contributed by atoms with E-state index in [1.54, 1.807) is 0 Å². The van der Waals surface area contributed by atoms with Crippen molar-refractivity contribution in [2.75, 3.05) is 27.7 Å². The zero-order valence-electron chi connectivity index (χ0n) is 18.4. The Hall–Kier alpha value is 0.400. The molecule has 0 aliphatic carbocycles. The van der Waals surface area contributed by atoms with Crippen LogP contribution in [0.1, 0.15) is 111 Å². The summed E-state index contributed by atoms with van der Waals surface area (Å²) in [4.78, 5) is 0. The fraction of sp³-hybridized carbons (Fsp3) is 1.00. The van der Waals surface area contributed by atoms with E-state index >= 15 is 0 Å². The summed E-state index contributed by atoms with van der Waals surface area (Å²) in [5.41, 5.74) is 0.269. The van der Waals surface area contributed by atoms with E-state index in [-0.39, 0.29) is 22.6 Å². The molecule has 1 N–H and O–H groups in total. The van der Waals surface area contributed by atoms with Gasteiger partial charge in [-0.05, 0) is 19.3 Å². The molecule has 0 aromatic heterocycles. The van der Waals surface area contributed by atoms with Crippen LogP contribution in [0, 0.1) is 0 Å². The van der Waals surface area contributed by atoms with Crippen LogP contribution in [0.3, 0.4) is 0 Å². The maximum absolute atomic E-state index is 3.93. The molecule has 25 heavy (non-hydrogen) atoms. The summed E-state index contributed by atoms with van der Waals surface area (Å²) in [7, 11) is 7.11. The Kier molecular flexibility index (Phi) is 18.3. The number of rotatable bonds is 17. The van der Waals surface area contributed by atoms with Gasteiger partial charge in [0.05, 0.1) is 21.1 Å². The van der Waals surface area contributed by atoms with Gasteiger partial charge in [0, 0.05) is 19.4 Å². The van der Waals surface area contributed by atoms with Crippen LogP contribution in [0.5, 0.6) is 0 Å². The summed E-state index contributed by atoms with van der Waals surface area (Å²) < 4.78 is 1.04. The topological polar surface area (TPSA) is 12.0 Å². The van der Waals surface area contributed by atoms with Gasteiger partial charge in [-0.25, -0.2) is 0 Å². The highest BCUT2D eigenvalue weighted by Crippen LogP contribution is 2.28. The second kappa shape index (κ2) is 16.6. The highest BCUT2D eigenvalue weighted by atomic mass is 79.9. The fourth-order valence-electron chi connectivity index (χ4n) is 3.89. The molecule has 0 rings (SSSR count). The molecular weight excluding hydrogens is 372 g/mol. The highest BCUT2D eigenvalue weighted by Gasteiger charge is 2.40. The van der Waals surface area contributed by atoms with E-state index in [1.807, 2.05) is 0 Å². The van der Waals surface area contributed by atoms with E-state index < -0.39 is 0 Å². The SMILES string of the molecule is CCCCCCCCCCCCC(CCC)(NCCC)[N+](C)(C)C.[Br-]. The van der Waals surface area contributed by atoms with Crippen molar-refractivity contribution < 1.29 is 21.5 Å². The molecule has 0 heterocycles. The van der Waals surface area contributed by atoms with Crippen LogP contribution in [0.2, 0.25) is 0 Å². The Balaban J connectivity index is 0. The molecule has 0 fully saturated rings. The van der Waals surface area contributed by atoms with Gasteiger partial charge in [-0.3, -0.25) is 5.32 Å². The number of nitrogens with one attached hydrogen (secondary N) is 1. The van der Waals surface area contributed by atoms with Crippen LogP contribution < -0.4 is 22.3 Å². The van der Waals surface area contributed by atoms with E-state index in [9.17, 15) is 0 Å². The minimum Gasteiger partial charge on any atom is -1.00 e. The molecule has 0 saturated carbocycles. The first-order valence-electron chi connectivity index (χ1n) is 11.0. The van der Waals surface area contributed by atoms with E-state index in [0.717, 1.165) is 11.0 Å². The van der Waals surface area contributed by atoms with Crippen LogP contribution >= 0.6 is 0 Å². The summed E-state index contributed by atoms with van der Waals surface area (Å²) in [6.07, 6.45) is 19.4. The number of quaternary nitrogens is 1. The standard InChI is InChI=1S/C22H49N2.BrH/c1-7-10-11-12-13-14-15-16-17-18-20-22(19-8-2,23-21-9-3)24(4,5)6;/h23H,7-21H2,1-6H3;1H/q+1;/p-1. The van der Waals surface area contributed by atoms with Crippen molar-refractivity contribution >= 4 is 0 Å². The van der Waals surface area contributed by atoms with Crippen LogP contribution in [0.15, 0.2) is 0 Å². The van der Waals surface area contributed by atoms with Crippen LogP contribution in [-0.4, -0.2) is 37.8 Å². The van der Waals surface area contributed by atoms with Gasteiger partial charge in [0.15, 0.2) is 5.66 Å². The van der Waals surface area contributed by atoms with Crippen molar-refractivity contribution in [2.24, 2.45) is 0 Å². The maximum Gasteiger partial charge on any atom is 0.152 e. The maximum atomic E-state index is 3.93. The Bertz CT molecular complexity index is 276. The van der Waals surface area contributed by atoms with Gasteiger partial charge in [0.1, 0.15) is 0 Å². The number of unbranched alkanes of at least 4 members (excludes halogenated alkanes) is 9. The molecule has 0 spiro atoms. The van der Waals surface area contributed by atoms with Gasteiger partial charge in [0.25, 0.3) is 0 Å². The van der Waals surface area contributed by atoms with Gasteiger partial charge >= 0.3 is 0 Å². The minimum atomic E-state index is 0. The number of nitrogens with zero attached hydrogens (tertiary/aromatic N) is 1. The van der Waals surface area contributed by atoms with E-state index in [1.165, 1.54) is 89.9 Å². The van der Waals surface area contributed by atoms with E-state index in [4.69, 9.17) is 0 Å². The molecule has 0 aromatic rings. The molecule has 2 nitrogen and oxygen atoms in total. The van der Waals surface area contributed by atoms with Crippen molar-refractivity contribution in [1.29, 1.82) is 0 Å². The third kappa shape index (κ3) is 12.4. The predicted octanol–water partition coefficient (Wildman–Crippen LogP) is 3.50. The van der Waals surface area contributed by atoms with E-state index in [0.29, 0.717) is 0 Å². The average molecular weight is 422 g/mol. The van der Waals surface area contributed by atoms with Crippen molar-refractivity contribution in [2.45, 2.75) is 116 Å². The van der Waals surface area contributed by atoms with Crippen molar-refractivity contribution in [3.63, 3.8) is 0 Å². The quantitative estimate of drug-likeness (QED) is 0.215. The predicted molar refractivity (Wildman–Crippen MR) is 110 cm³/mol. The Morgan fingerprint density at radius 3 is 1.48 bits per heavy atom. The van der Waals surface area contributed by atoms with Crippen LogP contribution in [0.25, 0.3) is 0 Å². The smallest absolute Gasteiger partial charge is 0.152 e. The summed E-state index contributed by atoms with van der Waals surface area (Å²) in [6.45, 7) is 8.05. The normalized spacial score (nSPS) is 14.2. The lowest BCUT2D eigenvalue weighted by Crippen LogP contribution is -3.00. The Morgan fingerprint density at radius 1 is 0.600 bits per heavy atom. The third-order valence-electron chi connectivity index (χ3n) is 5.60. The second-order valence-corrected chi connectivity index (χ2v) is 8.65. The zero-order valence-corrected chi connectivity index (χ0v) is 20.0. The lowest BCUT2D eigenvalue weighted by Gasteiger charge is -2.47. The first kappa shape index (κ1) is 27.6. The van der Waals surface area contributed by atoms with Gasteiger partial charge in [-0.15, -0.1) is 0 Å². The molecule has 0 amide bonds. The highest BCUT2D eigenvalue weighted by molar-refractivity contribution is 4.78.